The lowest BCUT2D eigenvalue weighted by atomic mass is 9.96. The van der Waals surface area contributed by atoms with E-state index in [1.54, 1.807) is 13.4 Å². The van der Waals surface area contributed by atoms with Crippen molar-refractivity contribution in [2.45, 2.75) is 182 Å². The van der Waals surface area contributed by atoms with Crippen LogP contribution in [0.4, 0.5) is 17.6 Å². The van der Waals surface area contributed by atoms with Crippen LogP contribution in [0.3, 0.4) is 0 Å². The van der Waals surface area contributed by atoms with Gasteiger partial charge in [-0.05, 0) is 68.7 Å². The van der Waals surface area contributed by atoms with Gasteiger partial charge in [0.1, 0.15) is 29.8 Å². The Morgan fingerprint density at radius 3 is 1.54 bits per heavy atom. The SMILES string of the molecule is C#CCCCC(C#N)CCC#N.[C-]#[N+]CC(C#N)CCC.[C-]#[N+]CC(C)CC.[C-]#[N+]CC(C)CCC.[C-]#[N+]CC(CC(C)CF)C(F)(F)F.[C-]#[N+]CC(CCC)S(C)(=O)=O.[C-]#[N+]CCOCC(COCCC#N)OCCC.[C-]#[N+]OCC(CCOC)OC#N. The van der Waals surface area contributed by atoms with Crippen LogP contribution >= 0.6 is 0 Å². The molecule has 0 saturated carbocycles. The topological polar surface area (TPSA) is 239 Å². The molecule has 0 aromatic heterocycles. The van der Waals surface area contributed by atoms with Gasteiger partial charge in [-0.25, -0.2) is 47.9 Å². The maximum absolute atomic E-state index is 12.1. The van der Waals surface area contributed by atoms with Gasteiger partial charge < -0.3 is 52.8 Å². The number of sulfone groups is 1. The smallest absolute Gasteiger partial charge is 0.398 e. The molecule has 9 unspecified atom stereocenters. The van der Waals surface area contributed by atoms with Crippen LogP contribution in [0.5, 0.6) is 0 Å². The number of ether oxygens (including phenoxy) is 5. The van der Waals surface area contributed by atoms with E-state index >= 15 is 0 Å². The summed E-state index contributed by atoms with van der Waals surface area (Å²) < 4.78 is 95.8. The number of alkyl halides is 4. The van der Waals surface area contributed by atoms with Gasteiger partial charge in [-0.2, -0.15) is 50.9 Å². The average Bonchev–Trinajstić information content (AvgIpc) is 3.65. The predicted octanol–water partition coefficient (Wildman–Crippen LogP) is 15.0. The number of rotatable bonds is 38. The number of halogens is 4. The third-order valence-electron chi connectivity index (χ3n) is 11.4. The zero-order chi connectivity index (χ0) is 69.8. The first-order chi connectivity index (χ1) is 42.4. The Bertz CT molecular complexity index is 2310. The summed E-state index contributed by atoms with van der Waals surface area (Å²) in [5.41, 5.74) is 0. The van der Waals surface area contributed by atoms with Gasteiger partial charge in [0.25, 0.3) is 6.26 Å². The van der Waals surface area contributed by atoms with E-state index in [0.29, 0.717) is 110 Å². The van der Waals surface area contributed by atoms with Crippen molar-refractivity contribution in [3.63, 3.8) is 0 Å². The molecule has 0 amide bonds. The van der Waals surface area contributed by atoms with E-state index in [-0.39, 0.29) is 43.6 Å². The fourth-order valence-corrected chi connectivity index (χ4v) is 7.19. The average molecular weight is 1270 g/mol. The summed E-state index contributed by atoms with van der Waals surface area (Å²) in [6, 6.07) is 8.31. The third-order valence-corrected chi connectivity index (χ3v) is 13.0. The van der Waals surface area contributed by atoms with Crippen molar-refractivity contribution in [3.05, 3.63) is 80.1 Å². The van der Waals surface area contributed by atoms with Gasteiger partial charge in [0.2, 0.25) is 45.9 Å². The summed E-state index contributed by atoms with van der Waals surface area (Å²) in [6.45, 7) is 65.0. The molecular formula is C64H100F4N12O8S. The van der Waals surface area contributed by atoms with Gasteiger partial charge in [-0.3, -0.25) is 4.39 Å². The lowest BCUT2D eigenvalue weighted by molar-refractivity contribution is -0.174. The lowest BCUT2D eigenvalue weighted by Gasteiger charge is -2.17. The van der Waals surface area contributed by atoms with Crippen LogP contribution in [0.15, 0.2) is 0 Å². The number of methoxy groups -OCH3 is 1. The number of terminal acetylenes is 1. The molecule has 9 atom stereocenters. The summed E-state index contributed by atoms with van der Waals surface area (Å²) >= 11 is 0. The molecule has 25 heteroatoms. The molecule has 0 aliphatic heterocycles. The van der Waals surface area contributed by atoms with E-state index in [1.165, 1.54) is 26.0 Å². The van der Waals surface area contributed by atoms with Crippen molar-refractivity contribution in [2.75, 3.05) is 106 Å². The van der Waals surface area contributed by atoms with Gasteiger partial charge in [0.05, 0.1) is 57.2 Å². The molecule has 0 radical (unpaired) electrons. The number of hydrogen-bond donors (Lipinski definition) is 0. The summed E-state index contributed by atoms with van der Waals surface area (Å²) in [5.74, 6) is 1.39. The first kappa shape index (κ1) is 97.8. The fraction of sp³-hybridized carbons (Fsp3) is 0.781. The minimum atomic E-state index is -4.38. The van der Waals surface area contributed by atoms with E-state index < -0.39 is 46.3 Å². The molecule has 0 fully saturated rings. The van der Waals surface area contributed by atoms with E-state index in [4.69, 9.17) is 97.7 Å². The zero-order valence-corrected chi connectivity index (χ0v) is 55.4. The first-order valence-corrected chi connectivity index (χ1v) is 31.5. The predicted molar refractivity (Wildman–Crippen MR) is 337 cm³/mol. The van der Waals surface area contributed by atoms with Crippen LogP contribution in [0.1, 0.15) is 158 Å². The van der Waals surface area contributed by atoms with E-state index in [1.807, 2.05) is 32.9 Å². The number of nitrogens with zero attached hydrogens (tertiary/aromatic N) is 12. The van der Waals surface area contributed by atoms with Gasteiger partial charge >= 0.3 is 6.18 Å². The van der Waals surface area contributed by atoms with Gasteiger partial charge in [0.15, 0.2) is 15.9 Å². The fourth-order valence-electron chi connectivity index (χ4n) is 6.18. The van der Waals surface area contributed by atoms with Crippen molar-refractivity contribution < 1.29 is 54.5 Å². The highest BCUT2D eigenvalue weighted by molar-refractivity contribution is 7.91. The van der Waals surface area contributed by atoms with E-state index in [2.05, 4.69) is 89.4 Å². The molecule has 0 aromatic carbocycles. The summed E-state index contributed by atoms with van der Waals surface area (Å²) in [7, 11) is -1.45. The van der Waals surface area contributed by atoms with Crippen molar-refractivity contribution in [3.8, 4) is 42.9 Å². The minimum Gasteiger partial charge on any atom is -0.420 e. The van der Waals surface area contributed by atoms with Crippen LogP contribution in [0.2, 0.25) is 0 Å². The Morgan fingerprint density at radius 2 is 1.13 bits per heavy atom. The maximum Gasteiger partial charge on any atom is 0.398 e. The second-order valence-electron chi connectivity index (χ2n) is 19.8. The molecule has 89 heavy (non-hydrogen) atoms. The van der Waals surface area contributed by atoms with Crippen molar-refractivity contribution in [1.29, 1.82) is 26.3 Å². The van der Waals surface area contributed by atoms with Gasteiger partial charge in [-0.15, -0.1) is 12.3 Å². The third kappa shape index (κ3) is 84.8. The molecule has 0 aromatic rings. The maximum atomic E-state index is 12.1. The van der Waals surface area contributed by atoms with Crippen LogP contribution in [0.25, 0.3) is 34.1 Å². The second-order valence-corrected chi connectivity index (χ2v) is 22.1. The van der Waals surface area contributed by atoms with Crippen LogP contribution in [0, 0.1) is 151 Å². The van der Waals surface area contributed by atoms with Crippen LogP contribution in [-0.2, 0) is 38.4 Å². The van der Waals surface area contributed by atoms with E-state index in [0.717, 1.165) is 51.4 Å². The summed E-state index contributed by atoms with van der Waals surface area (Å²) in [6.07, 6.45) is 14.9. The monoisotopic (exact) mass is 1270 g/mol. The number of unbranched alkanes of at least 4 members (excludes halogenated alkanes) is 1. The van der Waals surface area contributed by atoms with Crippen LogP contribution < -0.4 is 0 Å². The molecule has 0 spiro atoms. The molecule has 0 rings (SSSR count). The zero-order valence-electron chi connectivity index (χ0n) is 54.5. The Kier molecular flexibility index (Phi) is 86.3. The molecule has 0 N–H and O–H groups in total. The normalized spacial score (nSPS) is 12.6. The molecule has 0 saturated heterocycles. The largest absolute Gasteiger partial charge is 0.420 e. The van der Waals surface area contributed by atoms with E-state index in [9.17, 15) is 26.0 Å². The summed E-state index contributed by atoms with van der Waals surface area (Å²) in [5, 5.41) is 44.1. The van der Waals surface area contributed by atoms with Crippen molar-refractivity contribution >= 4 is 9.84 Å². The molecule has 0 bridgehead atoms. The Morgan fingerprint density at radius 1 is 0.584 bits per heavy atom. The molecule has 498 valence electrons. The number of nitriles is 5. The second kappa shape index (κ2) is 78.6. The van der Waals surface area contributed by atoms with Crippen molar-refractivity contribution in [1.82, 2.24) is 0 Å². The Hall–Kier alpha value is -7.45. The minimum absolute atomic E-state index is 0.0120. The molecule has 0 heterocycles. The Balaban J connectivity index is -0.000000142. The highest BCUT2D eigenvalue weighted by atomic mass is 32.2. The number of hydrogen-bond acceptors (Lipinski definition) is 13. The summed E-state index contributed by atoms with van der Waals surface area (Å²) in [4.78, 5) is 23.1. The highest BCUT2D eigenvalue weighted by Gasteiger charge is 2.42. The quantitative estimate of drug-likeness (QED) is 0.0140. The van der Waals surface area contributed by atoms with Gasteiger partial charge in [0, 0.05) is 63.6 Å². The molecular weight excluding hydrogens is 1170 g/mol. The standard InChI is InChI=1S/C12H20N2O3.C10H12N2.C8H11F4N.C7H10N2O3.C7H10N2.C7H13NO2S.C7H13N.C6H11N/c1-3-7-17-12(10-15-8-4-5-13)11-16-9-6-14-2;1-2-3-4-6-10(9-12)7-5-8-11;1-6(4-9)3-7(5-13-2)8(10,11)12;1-9-12-5-7(11-6-8)3-4-10-2;1-3-4-7(5-8)6-9-2;1-4-5-7(6-8-2)11(3,9)10;1-4-5-7(2)6-8-3;1-4-6(2)5-7-3/h12H,3-4,6-11H2,1H3;1,10H,3-7H2;6-7H,3-5H2,1H3;7H,3-5H2,2H3;7H,3-4,6H2,1H3;7H,4-6H2,1,3H3;7H,4-6H2,1-2H3;6H,4-5H2,1-2H3. The lowest BCUT2D eigenvalue weighted by Crippen LogP contribution is -2.27. The first-order valence-electron chi connectivity index (χ1n) is 29.5. The molecule has 0 aliphatic carbocycles. The molecule has 0 aliphatic rings. The highest BCUT2D eigenvalue weighted by Crippen LogP contribution is 2.31. The van der Waals surface area contributed by atoms with Gasteiger partial charge in [-0.1, -0.05) is 74.7 Å². The van der Waals surface area contributed by atoms with Crippen molar-refractivity contribution in [2.24, 2.45) is 35.5 Å². The Labute approximate surface area is 534 Å². The molecule has 20 nitrogen and oxygen atoms in total. The van der Waals surface area contributed by atoms with Crippen LogP contribution in [-0.4, -0.2) is 138 Å².